The fraction of sp³-hybridized carbons (Fsp3) is 0.846. The SMILES string of the molecule is CCCNC(=O)C(C)N1CCN(C(C)C(N)=S)CC1. The fourth-order valence-corrected chi connectivity index (χ4v) is 2.40. The smallest absolute Gasteiger partial charge is 0.237 e. The quantitative estimate of drug-likeness (QED) is 0.683. The Labute approximate surface area is 121 Å². The molecule has 0 aromatic carbocycles. The van der Waals surface area contributed by atoms with Crippen LogP contribution in [0.2, 0.25) is 0 Å². The van der Waals surface area contributed by atoms with Crippen molar-refractivity contribution in [1.29, 1.82) is 0 Å². The van der Waals surface area contributed by atoms with E-state index in [0.717, 1.165) is 39.1 Å². The standard InChI is InChI=1S/C13H26N4OS/c1-4-5-15-13(18)11(3)17-8-6-16(7-9-17)10(2)12(14)19/h10-11H,4-9H2,1-3H3,(H2,14,19)(H,15,18). The average Bonchev–Trinajstić information content (AvgIpc) is 2.43. The third kappa shape index (κ3) is 4.71. The minimum Gasteiger partial charge on any atom is -0.392 e. The van der Waals surface area contributed by atoms with Crippen LogP contribution in [0.25, 0.3) is 0 Å². The lowest BCUT2D eigenvalue weighted by Crippen LogP contribution is -2.57. The third-order valence-electron chi connectivity index (χ3n) is 3.78. The summed E-state index contributed by atoms with van der Waals surface area (Å²) in [5.74, 6) is 0.123. The Bertz CT molecular complexity index is 316. The van der Waals surface area contributed by atoms with Crippen LogP contribution in [-0.4, -0.2) is 65.5 Å². The monoisotopic (exact) mass is 286 g/mol. The van der Waals surface area contributed by atoms with Crippen LogP contribution < -0.4 is 11.1 Å². The predicted octanol–water partition coefficient (Wildman–Crippen LogP) is 0.193. The van der Waals surface area contributed by atoms with Gasteiger partial charge in [-0.1, -0.05) is 19.1 Å². The molecule has 0 aromatic rings. The molecule has 1 heterocycles. The first-order valence-electron chi connectivity index (χ1n) is 7.02. The predicted molar refractivity (Wildman–Crippen MR) is 82.2 cm³/mol. The highest BCUT2D eigenvalue weighted by atomic mass is 32.1. The number of nitrogens with zero attached hydrogens (tertiary/aromatic N) is 2. The van der Waals surface area contributed by atoms with Crippen LogP contribution in [0.5, 0.6) is 0 Å². The molecule has 2 unspecified atom stereocenters. The number of hydrogen-bond acceptors (Lipinski definition) is 4. The molecule has 2 atom stereocenters. The molecule has 1 amide bonds. The maximum Gasteiger partial charge on any atom is 0.237 e. The summed E-state index contributed by atoms with van der Waals surface area (Å²) >= 11 is 5.03. The zero-order valence-corrected chi connectivity index (χ0v) is 13.0. The molecule has 0 saturated carbocycles. The number of nitrogens with one attached hydrogen (secondary N) is 1. The Morgan fingerprint density at radius 3 is 2.11 bits per heavy atom. The fourth-order valence-electron chi connectivity index (χ4n) is 2.25. The highest BCUT2D eigenvalue weighted by Gasteiger charge is 2.27. The Kier molecular flexibility index (Phi) is 6.68. The summed E-state index contributed by atoms with van der Waals surface area (Å²) < 4.78 is 0. The number of carbonyl (C=O) groups is 1. The maximum atomic E-state index is 11.9. The van der Waals surface area contributed by atoms with Gasteiger partial charge >= 0.3 is 0 Å². The summed E-state index contributed by atoms with van der Waals surface area (Å²) in [6.07, 6.45) is 0.970. The van der Waals surface area contributed by atoms with Crippen molar-refractivity contribution in [2.75, 3.05) is 32.7 Å². The van der Waals surface area contributed by atoms with Gasteiger partial charge in [-0.15, -0.1) is 0 Å². The Morgan fingerprint density at radius 2 is 1.68 bits per heavy atom. The molecule has 1 fully saturated rings. The van der Waals surface area contributed by atoms with E-state index in [4.69, 9.17) is 18.0 Å². The number of piperazine rings is 1. The summed E-state index contributed by atoms with van der Waals surface area (Å²) in [6, 6.07) is 0.0789. The number of rotatable bonds is 6. The van der Waals surface area contributed by atoms with Crippen molar-refractivity contribution in [3.05, 3.63) is 0 Å². The summed E-state index contributed by atoms with van der Waals surface area (Å²) in [5, 5.41) is 2.95. The van der Waals surface area contributed by atoms with Crippen LogP contribution in [0.4, 0.5) is 0 Å². The second kappa shape index (κ2) is 7.77. The van der Waals surface area contributed by atoms with E-state index >= 15 is 0 Å². The van der Waals surface area contributed by atoms with E-state index in [1.54, 1.807) is 0 Å². The normalized spacial score (nSPS) is 20.8. The Morgan fingerprint density at radius 1 is 1.21 bits per heavy atom. The van der Waals surface area contributed by atoms with Crippen molar-refractivity contribution in [2.24, 2.45) is 5.73 Å². The van der Waals surface area contributed by atoms with Crippen LogP contribution in [-0.2, 0) is 4.79 Å². The average molecular weight is 286 g/mol. The summed E-state index contributed by atoms with van der Waals surface area (Å²) in [5.41, 5.74) is 5.68. The zero-order chi connectivity index (χ0) is 14.4. The number of thiocarbonyl (C=S) groups is 1. The summed E-state index contributed by atoms with van der Waals surface area (Å²) in [6.45, 7) is 10.4. The summed E-state index contributed by atoms with van der Waals surface area (Å²) in [4.78, 5) is 17.0. The lowest BCUT2D eigenvalue weighted by atomic mass is 10.2. The minimum absolute atomic E-state index is 0.0613. The molecule has 0 radical (unpaired) electrons. The lowest BCUT2D eigenvalue weighted by Gasteiger charge is -2.39. The second-order valence-electron chi connectivity index (χ2n) is 5.12. The largest absolute Gasteiger partial charge is 0.392 e. The van der Waals surface area contributed by atoms with Gasteiger partial charge in [-0.2, -0.15) is 0 Å². The van der Waals surface area contributed by atoms with Gasteiger partial charge in [0.1, 0.15) is 0 Å². The Balaban J connectivity index is 2.40. The van der Waals surface area contributed by atoms with E-state index in [-0.39, 0.29) is 18.0 Å². The highest BCUT2D eigenvalue weighted by Crippen LogP contribution is 2.09. The molecule has 5 nitrogen and oxygen atoms in total. The number of nitrogens with two attached hydrogens (primary N) is 1. The first-order valence-corrected chi connectivity index (χ1v) is 7.43. The van der Waals surface area contributed by atoms with E-state index in [2.05, 4.69) is 22.0 Å². The van der Waals surface area contributed by atoms with Gasteiger partial charge in [0, 0.05) is 32.7 Å². The van der Waals surface area contributed by atoms with Crippen molar-refractivity contribution >= 4 is 23.1 Å². The van der Waals surface area contributed by atoms with E-state index < -0.39 is 0 Å². The molecular formula is C13H26N4OS. The summed E-state index contributed by atoms with van der Waals surface area (Å²) in [7, 11) is 0. The molecule has 0 aliphatic carbocycles. The lowest BCUT2D eigenvalue weighted by molar-refractivity contribution is -0.126. The van der Waals surface area contributed by atoms with Crippen LogP contribution in [0.3, 0.4) is 0 Å². The van der Waals surface area contributed by atoms with Gasteiger partial charge in [-0.05, 0) is 20.3 Å². The molecule has 1 aliphatic heterocycles. The first-order chi connectivity index (χ1) is 8.97. The van der Waals surface area contributed by atoms with Crippen LogP contribution >= 0.6 is 12.2 Å². The van der Waals surface area contributed by atoms with Gasteiger partial charge in [0.15, 0.2) is 0 Å². The van der Waals surface area contributed by atoms with Gasteiger partial charge < -0.3 is 11.1 Å². The van der Waals surface area contributed by atoms with E-state index in [1.165, 1.54) is 0 Å². The number of hydrogen-bond donors (Lipinski definition) is 2. The van der Waals surface area contributed by atoms with Crippen molar-refractivity contribution in [3.8, 4) is 0 Å². The first kappa shape index (κ1) is 16.3. The number of amides is 1. The maximum absolute atomic E-state index is 11.9. The Hall–Kier alpha value is -0.720. The topological polar surface area (TPSA) is 61.6 Å². The molecule has 0 bridgehead atoms. The minimum atomic E-state index is -0.0613. The van der Waals surface area contributed by atoms with Crippen LogP contribution in [0, 0.1) is 0 Å². The van der Waals surface area contributed by atoms with E-state index in [1.807, 2.05) is 13.8 Å². The molecule has 1 saturated heterocycles. The molecule has 1 aliphatic rings. The van der Waals surface area contributed by atoms with Gasteiger partial charge in [-0.3, -0.25) is 14.6 Å². The molecule has 19 heavy (non-hydrogen) atoms. The van der Waals surface area contributed by atoms with E-state index in [0.29, 0.717) is 4.99 Å². The van der Waals surface area contributed by atoms with Gasteiger partial charge in [0.2, 0.25) is 5.91 Å². The van der Waals surface area contributed by atoms with Crippen LogP contribution in [0.15, 0.2) is 0 Å². The number of carbonyl (C=O) groups excluding carboxylic acids is 1. The third-order valence-corrected chi connectivity index (χ3v) is 4.13. The van der Waals surface area contributed by atoms with Crippen LogP contribution in [0.1, 0.15) is 27.2 Å². The van der Waals surface area contributed by atoms with E-state index in [9.17, 15) is 4.79 Å². The molecule has 3 N–H and O–H groups in total. The molecule has 0 aromatic heterocycles. The van der Waals surface area contributed by atoms with Crippen molar-refractivity contribution in [3.63, 3.8) is 0 Å². The van der Waals surface area contributed by atoms with Gasteiger partial charge in [0.05, 0.1) is 17.1 Å². The van der Waals surface area contributed by atoms with Gasteiger partial charge in [-0.25, -0.2) is 0 Å². The van der Waals surface area contributed by atoms with Crippen molar-refractivity contribution in [1.82, 2.24) is 15.1 Å². The zero-order valence-electron chi connectivity index (χ0n) is 12.2. The van der Waals surface area contributed by atoms with Gasteiger partial charge in [0.25, 0.3) is 0 Å². The molecule has 110 valence electrons. The van der Waals surface area contributed by atoms with Crippen molar-refractivity contribution < 1.29 is 4.79 Å². The molecular weight excluding hydrogens is 260 g/mol. The molecule has 6 heteroatoms. The molecule has 0 spiro atoms. The molecule has 1 rings (SSSR count). The second-order valence-corrected chi connectivity index (χ2v) is 5.59. The highest BCUT2D eigenvalue weighted by molar-refractivity contribution is 7.80. The van der Waals surface area contributed by atoms with Crippen molar-refractivity contribution in [2.45, 2.75) is 39.3 Å².